The lowest BCUT2D eigenvalue weighted by molar-refractivity contribution is 0.0641. The molecule has 1 fully saturated rings. The molecule has 7 heteroatoms. The number of carbonyl (C=O) groups excluding carboxylic acids is 3. The Kier molecular flexibility index (Phi) is 4.45. The molecule has 0 spiro atoms. The zero-order valence-corrected chi connectivity index (χ0v) is 14.8. The molecule has 3 heterocycles. The number of piperidine rings is 1. The molecular formula is C20H20N4O3. The first-order chi connectivity index (χ1) is 13.0. The molecular weight excluding hydrogens is 344 g/mol. The number of hydrogen-bond donors (Lipinski definition) is 1. The largest absolute Gasteiger partial charge is 0.337 e. The predicted octanol–water partition coefficient (Wildman–Crippen LogP) is 1.44. The summed E-state index contributed by atoms with van der Waals surface area (Å²) >= 11 is 0. The van der Waals surface area contributed by atoms with Crippen LogP contribution in [-0.4, -0.2) is 51.6 Å². The fourth-order valence-electron chi connectivity index (χ4n) is 3.62. The van der Waals surface area contributed by atoms with E-state index >= 15 is 0 Å². The lowest BCUT2D eigenvalue weighted by Gasteiger charge is -2.30. The lowest BCUT2D eigenvalue weighted by Crippen LogP contribution is -2.45. The minimum Gasteiger partial charge on any atom is -0.337 e. The third-order valence-electron chi connectivity index (χ3n) is 5.05. The van der Waals surface area contributed by atoms with Gasteiger partial charge in [0.05, 0.1) is 17.7 Å². The second-order valence-electron chi connectivity index (χ2n) is 6.97. The van der Waals surface area contributed by atoms with Crippen molar-refractivity contribution in [2.24, 2.45) is 5.73 Å². The summed E-state index contributed by atoms with van der Waals surface area (Å²) in [5.41, 5.74) is 7.80. The van der Waals surface area contributed by atoms with Gasteiger partial charge >= 0.3 is 0 Å². The number of rotatable bonds is 3. The SMILES string of the molecule is NC1CCCN(C(=O)c2ccc3c(c2)C(=O)N(Cc2ccncc2)C3=O)C1. The molecule has 0 saturated carbocycles. The number of nitrogens with two attached hydrogens (primary N) is 1. The standard InChI is InChI=1S/C20H20N4O3/c21-15-2-1-9-23(12-15)18(25)14-3-4-16-17(10-14)20(27)24(19(16)26)11-13-5-7-22-8-6-13/h3-8,10,15H,1-2,9,11-12,21H2. The molecule has 1 aromatic carbocycles. The Labute approximate surface area is 156 Å². The first kappa shape index (κ1) is 17.4. The molecule has 0 aliphatic carbocycles. The first-order valence-corrected chi connectivity index (χ1v) is 8.98. The van der Waals surface area contributed by atoms with E-state index in [4.69, 9.17) is 5.73 Å². The highest BCUT2D eigenvalue weighted by atomic mass is 16.2. The van der Waals surface area contributed by atoms with Crippen LogP contribution in [0, 0.1) is 0 Å². The average molecular weight is 364 g/mol. The summed E-state index contributed by atoms with van der Waals surface area (Å²) in [7, 11) is 0. The number of imide groups is 1. The zero-order chi connectivity index (χ0) is 19.0. The summed E-state index contributed by atoms with van der Waals surface area (Å²) in [5, 5.41) is 0. The molecule has 1 aromatic heterocycles. The van der Waals surface area contributed by atoms with Crippen LogP contribution < -0.4 is 5.73 Å². The Hall–Kier alpha value is -3.06. The molecule has 2 aliphatic rings. The highest BCUT2D eigenvalue weighted by Crippen LogP contribution is 2.26. The molecule has 27 heavy (non-hydrogen) atoms. The van der Waals surface area contributed by atoms with Gasteiger partial charge in [0.25, 0.3) is 17.7 Å². The van der Waals surface area contributed by atoms with Gasteiger partial charge in [-0.3, -0.25) is 24.3 Å². The summed E-state index contributed by atoms with van der Waals surface area (Å²) < 4.78 is 0. The highest BCUT2D eigenvalue weighted by Gasteiger charge is 2.36. The molecule has 0 radical (unpaired) electrons. The van der Waals surface area contributed by atoms with Crippen LogP contribution in [0.15, 0.2) is 42.7 Å². The van der Waals surface area contributed by atoms with Crippen molar-refractivity contribution >= 4 is 17.7 Å². The number of hydrogen-bond acceptors (Lipinski definition) is 5. The third kappa shape index (κ3) is 3.21. The maximum atomic E-state index is 12.8. The Morgan fingerprint density at radius 2 is 1.85 bits per heavy atom. The fraction of sp³-hybridized carbons (Fsp3) is 0.300. The molecule has 0 bridgehead atoms. The molecule has 1 unspecified atom stereocenters. The molecule has 7 nitrogen and oxygen atoms in total. The van der Waals surface area contributed by atoms with E-state index in [2.05, 4.69) is 4.98 Å². The summed E-state index contributed by atoms with van der Waals surface area (Å²) in [5.74, 6) is -0.872. The van der Waals surface area contributed by atoms with Gasteiger partial charge in [-0.05, 0) is 48.7 Å². The second-order valence-corrected chi connectivity index (χ2v) is 6.97. The van der Waals surface area contributed by atoms with Gasteiger partial charge in [-0.25, -0.2) is 0 Å². The molecule has 2 aliphatic heterocycles. The Balaban J connectivity index is 1.58. The molecule has 138 valence electrons. The van der Waals surface area contributed by atoms with E-state index in [-0.39, 0.29) is 35.9 Å². The van der Waals surface area contributed by atoms with Crippen LogP contribution in [0.5, 0.6) is 0 Å². The zero-order valence-electron chi connectivity index (χ0n) is 14.8. The van der Waals surface area contributed by atoms with Gasteiger partial charge in [0.1, 0.15) is 0 Å². The average Bonchev–Trinajstić information content (AvgIpc) is 2.92. The summed E-state index contributed by atoms with van der Waals surface area (Å²) in [6.45, 7) is 1.35. The Morgan fingerprint density at radius 3 is 2.59 bits per heavy atom. The molecule has 4 rings (SSSR count). The topological polar surface area (TPSA) is 96.6 Å². The fourth-order valence-corrected chi connectivity index (χ4v) is 3.62. The third-order valence-corrected chi connectivity index (χ3v) is 5.05. The van der Waals surface area contributed by atoms with E-state index in [1.807, 2.05) is 0 Å². The van der Waals surface area contributed by atoms with E-state index in [1.165, 1.54) is 11.0 Å². The van der Waals surface area contributed by atoms with Gasteiger partial charge in [-0.2, -0.15) is 0 Å². The molecule has 3 amide bonds. The monoisotopic (exact) mass is 364 g/mol. The van der Waals surface area contributed by atoms with E-state index in [9.17, 15) is 14.4 Å². The molecule has 1 atom stereocenters. The van der Waals surface area contributed by atoms with Gasteiger partial charge in [-0.15, -0.1) is 0 Å². The summed E-state index contributed by atoms with van der Waals surface area (Å²) in [4.78, 5) is 45.0. The number of amides is 3. The van der Waals surface area contributed by atoms with Crippen molar-refractivity contribution in [3.63, 3.8) is 0 Å². The summed E-state index contributed by atoms with van der Waals surface area (Å²) in [6, 6.07) is 8.22. The van der Waals surface area contributed by atoms with E-state index in [0.29, 0.717) is 24.2 Å². The van der Waals surface area contributed by atoms with Crippen molar-refractivity contribution in [2.45, 2.75) is 25.4 Å². The maximum absolute atomic E-state index is 12.8. The Morgan fingerprint density at radius 1 is 1.11 bits per heavy atom. The van der Waals surface area contributed by atoms with E-state index < -0.39 is 0 Å². The van der Waals surface area contributed by atoms with Crippen molar-refractivity contribution in [1.82, 2.24) is 14.8 Å². The molecule has 2 aromatic rings. The van der Waals surface area contributed by atoms with Crippen molar-refractivity contribution < 1.29 is 14.4 Å². The van der Waals surface area contributed by atoms with Crippen LogP contribution in [-0.2, 0) is 6.54 Å². The van der Waals surface area contributed by atoms with E-state index in [1.54, 1.807) is 41.6 Å². The summed E-state index contributed by atoms with van der Waals surface area (Å²) in [6.07, 6.45) is 5.01. The van der Waals surface area contributed by atoms with E-state index in [0.717, 1.165) is 18.4 Å². The Bertz CT molecular complexity index is 913. The predicted molar refractivity (Wildman–Crippen MR) is 98.0 cm³/mol. The van der Waals surface area contributed by atoms with Crippen LogP contribution >= 0.6 is 0 Å². The van der Waals surface area contributed by atoms with Gasteiger partial charge < -0.3 is 10.6 Å². The van der Waals surface area contributed by atoms with Gasteiger partial charge in [0.2, 0.25) is 0 Å². The minimum absolute atomic E-state index is 0.0174. The van der Waals surface area contributed by atoms with Crippen LogP contribution in [0.2, 0.25) is 0 Å². The lowest BCUT2D eigenvalue weighted by atomic mass is 10.0. The van der Waals surface area contributed by atoms with Crippen molar-refractivity contribution in [2.75, 3.05) is 13.1 Å². The normalized spacial score (nSPS) is 19.4. The number of nitrogens with zero attached hydrogens (tertiary/aromatic N) is 3. The highest BCUT2D eigenvalue weighted by molar-refractivity contribution is 6.22. The molecule has 1 saturated heterocycles. The van der Waals surface area contributed by atoms with Crippen LogP contribution in [0.4, 0.5) is 0 Å². The smallest absolute Gasteiger partial charge is 0.261 e. The number of benzene rings is 1. The minimum atomic E-state index is -0.378. The second kappa shape index (κ2) is 6.92. The number of likely N-dealkylation sites (tertiary alicyclic amines) is 1. The van der Waals surface area contributed by atoms with Crippen molar-refractivity contribution in [1.29, 1.82) is 0 Å². The van der Waals surface area contributed by atoms with Crippen molar-refractivity contribution in [3.8, 4) is 0 Å². The first-order valence-electron chi connectivity index (χ1n) is 8.98. The number of fused-ring (bicyclic) bond motifs is 1. The van der Waals surface area contributed by atoms with Gasteiger partial charge in [-0.1, -0.05) is 0 Å². The number of aromatic nitrogens is 1. The number of pyridine rings is 1. The van der Waals surface area contributed by atoms with Crippen molar-refractivity contribution in [3.05, 3.63) is 65.0 Å². The molecule has 2 N–H and O–H groups in total. The van der Waals surface area contributed by atoms with Crippen LogP contribution in [0.3, 0.4) is 0 Å². The quantitative estimate of drug-likeness (QED) is 0.832. The van der Waals surface area contributed by atoms with Crippen LogP contribution in [0.25, 0.3) is 0 Å². The number of carbonyl (C=O) groups is 3. The van der Waals surface area contributed by atoms with Gasteiger partial charge in [0, 0.05) is 37.1 Å². The van der Waals surface area contributed by atoms with Crippen LogP contribution in [0.1, 0.15) is 49.5 Å². The van der Waals surface area contributed by atoms with Gasteiger partial charge in [0.15, 0.2) is 0 Å². The maximum Gasteiger partial charge on any atom is 0.261 e.